The van der Waals surface area contributed by atoms with Crippen LogP contribution in [0.25, 0.3) is 0 Å². The van der Waals surface area contributed by atoms with Gasteiger partial charge in [0.2, 0.25) is 0 Å². The molecule has 0 atom stereocenters. The molecular formula is C15H22N2O2. The molecular weight excluding hydrogens is 240 g/mol. The van der Waals surface area contributed by atoms with Gasteiger partial charge in [-0.25, -0.2) is 0 Å². The number of anilines is 1. The molecule has 0 bridgehead atoms. The van der Waals surface area contributed by atoms with Crippen molar-refractivity contribution in [3.63, 3.8) is 0 Å². The Morgan fingerprint density at radius 2 is 2.11 bits per heavy atom. The first kappa shape index (κ1) is 13.9. The van der Waals surface area contributed by atoms with Gasteiger partial charge in [0.15, 0.2) is 0 Å². The van der Waals surface area contributed by atoms with E-state index in [2.05, 4.69) is 10.6 Å². The van der Waals surface area contributed by atoms with Crippen LogP contribution in [0.5, 0.6) is 0 Å². The largest absolute Gasteiger partial charge is 0.396 e. The molecule has 1 aliphatic rings. The summed E-state index contributed by atoms with van der Waals surface area (Å²) in [5, 5.41) is 15.2. The van der Waals surface area contributed by atoms with Crippen molar-refractivity contribution in [2.45, 2.75) is 26.2 Å². The Balaban J connectivity index is 1.96. The summed E-state index contributed by atoms with van der Waals surface area (Å²) in [6.07, 6.45) is 2.98. The summed E-state index contributed by atoms with van der Waals surface area (Å²) in [4.78, 5) is 12.2. The van der Waals surface area contributed by atoms with Gasteiger partial charge in [0.1, 0.15) is 0 Å². The van der Waals surface area contributed by atoms with Gasteiger partial charge in [0.25, 0.3) is 5.91 Å². The lowest BCUT2D eigenvalue weighted by atomic mass is 10.0. The Labute approximate surface area is 114 Å². The standard InChI is InChI=1S/C15H22N2O2/c1-2-16-13-6-4-3-5-12(13)14(19)17-11-15(7-8-15)9-10-18/h3-6,16,18H,2,7-11H2,1H3,(H,17,19). The minimum Gasteiger partial charge on any atom is -0.396 e. The van der Waals surface area contributed by atoms with Crippen molar-refractivity contribution in [3.05, 3.63) is 29.8 Å². The molecule has 0 saturated heterocycles. The number of rotatable bonds is 7. The van der Waals surface area contributed by atoms with Crippen molar-refractivity contribution in [1.29, 1.82) is 0 Å². The highest BCUT2D eigenvalue weighted by Crippen LogP contribution is 2.47. The maximum atomic E-state index is 12.2. The van der Waals surface area contributed by atoms with Gasteiger partial charge in [-0.1, -0.05) is 12.1 Å². The number of amides is 1. The van der Waals surface area contributed by atoms with Crippen LogP contribution in [0, 0.1) is 5.41 Å². The van der Waals surface area contributed by atoms with E-state index in [4.69, 9.17) is 5.11 Å². The van der Waals surface area contributed by atoms with Crippen LogP contribution in [-0.2, 0) is 0 Å². The third kappa shape index (κ3) is 3.47. The van der Waals surface area contributed by atoms with Crippen molar-refractivity contribution in [2.24, 2.45) is 5.41 Å². The quantitative estimate of drug-likeness (QED) is 0.704. The number of aliphatic hydroxyl groups is 1. The Bertz CT molecular complexity index is 442. The zero-order chi connectivity index (χ0) is 13.7. The number of carbonyl (C=O) groups is 1. The predicted octanol–water partition coefficient (Wildman–Crippen LogP) is 2.01. The molecule has 0 unspecified atom stereocenters. The molecule has 0 spiro atoms. The minimum absolute atomic E-state index is 0.0410. The van der Waals surface area contributed by atoms with Crippen LogP contribution in [-0.4, -0.2) is 30.7 Å². The normalized spacial score (nSPS) is 15.9. The van der Waals surface area contributed by atoms with Gasteiger partial charge in [-0.15, -0.1) is 0 Å². The van der Waals surface area contributed by atoms with Crippen molar-refractivity contribution < 1.29 is 9.90 Å². The molecule has 1 aromatic rings. The summed E-state index contributed by atoms with van der Waals surface area (Å²) in [7, 11) is 0. The SMILES string of the molecule is CCNc1ccccc1C(=O)NCC1(CCO)CC1. The van der Waals surface area contributed by atoms with Gasteiger partial charge in [-0.05, 0) is 43.7 Å². The molecule has 0 radical (unpaired) electrons. The molecule has 104 valence electrons. The van der Waals surface area contributed by atoms with Crippen LogP contribution in [0.2, 0.25) is 0 Å². The molecule has 1 saturated carbocycles. The van der Waals surface area contributed by atoms with E-state index in [9.17, 15) is 4.79 Å². The smallest absolute Gasteiger partial charge is 0.253 e. The van der Waals surface area contributed by atoms with E-state index in [-0.39, 0.29) is 17.9 Å². The van der Waals surface area contributed by atoms with E-state index in [1.807, 2.05) is 31.2 Å². The van der Waals surface area contributed by atoms with Crippen molar-refractivity contribution in [1.82, 2.24) is 5.32 Å². The fourth-order valence-corrected chi connectivity index (χ4v) is 2.32. The molecule has 4 nitrogen and oxygen atoms in total. The molecule has 1 fully saturated rings. The maximum Gasteiger partial charge on any atom is 0.253 e. The Kier molecular flexibility index (Phi) is 4.43. The zero-order valence-electron chi connectivity index (χ0n) is 11.4. The van der Waals surface area contributed by atoms with Crippen molar-refractivity contribution >= 4 is 11.6 Å². The third-order valence-electron chi connectivity index (χ3n) is 3.76. The van der Waals surface area contributed by atoms with Gasteiger partial charge in [0.05, 0.1) is 5.56 Å². The highest BCUT2D eigenvalue weighted by Gasteiger charge is 2.41. The van der Waals surface area contributed by atoms with Gasteiger partial charge >= 0.3 is 0 Å². The lowest BCUT2D eigenvalue weighted by Crippen LogP contribution is -2.31. The van der Waals surface area contributed by atoms with E-state index in [0.717, 1.165) is 31.5 Å². The van der Waals surface area contributed by atoms with E-state index in [1.165, 1.54) is 0 Å². The number of benzene rings is 1. The van der Waals surface area contributed by atoms with Gasteiger partial charge < -0.3 is 15.7 Å². The van der Waals surface area contributed by atoms with Crippen LogP contribution >= 0.6 is 0 Å². The van der Waals surface area contributed by atoms with Crippen LogP contribution in [0.1, 0.15) is 36.5 Å². The summed E-state index contributed by atoms with van der Waals surface area (Å²) in [6.45, 7) is 3.66. The first-order valence-electron chi connectivity index (χ1n) is 6.93. The molecule has 2 rings (SSSR count). The average Bonchev–Trinajstić information content (AvgIpc) is 3.18. The summed E-state index contributed by atoms with van der Waals surface area (Å²) >= 11 is 0. The molecule has 0 aliphatic heterocycles. The molecule has 1 aliphatic carbocycles. The summed E-state index contributed by atoms with van der Waals surface area (Å²) in [5.41, 5.74) is 1.70. The second-order valence-electron chi connectivity index (χ2n) is 5.23. The fourth-order valence-electron chi connectivity index (χ4n) is 2.32. The van der Waals surface area contributed by atoms with Crippen molar-refractivity contribution in [2.75, 3.05) is 25.0 Å². The topological polar surface area (TPSA) is 61.4 Å². The molecule has 4 heteroatoms. The molecule has 19 heavy (non-hydrogen) atoms. The second-order valence-corrected chi connectivity index (χ2v) is 5.23. The maximum absolute atomic E-state index is 12.2. The Morgan fingerprint density at radius 3 is 2.74 bits per heavy atom. The third-order valence-corrected chi connectivity index (χ3v) is 3.76. The van der Waals surface area contributed by atoms with Gasteiger partial charge in [-0.2, -0.15) is 0 Å². The zero-order valence-corrected chi connectivity index (χ0v) is 11.4. The summed E-state index contributed by atoms with van der Waals surface area (Å²) < 4.78 is 0. The van der Waals surface area contributed by atoms with Crippen LogP contribution in [0.3, 0.4) is 0 Å². The Morgan fingerprint density at radius 1 is 1.37 bits per heavy atom. The van der Waals surface area contributed by atoms with E-state index >= 15 is 0 Å². The first-order chi connectivity index (χ1) is 9.21. The predicted molar refractivity (Wildman–Crippen MR) is 76.3 cm³/mol. The van der Waals surface area contributed by atoms with Gasteiger partial charge in [-0.3, -0.25) is 4.79 Å². The second kappa shape index (κ2) is 6.06. The highest BCUT2D eigenvalue weighted by molar-refractivity contribution is 5.99. The number of hydrogen-bond donors (Lipinski definition) is 3. The molecule has 0 heterocycles. The highest BCUT2D eigenvalue weighted by atomic mass is 16.3. The average molecular weight is 262 g/mol. The number of carbonyl (C=O) groups excluding carboxylic acids is 1. The fraction of sp³-hybridized carbons (Fsp3) is 0.533. The Hall–Kier alpha value is -1.55. The van der Waals surface area contributed by atoms with E-state index in [1.54, 1.807) is 0 Å². The van der Waals surface area contributed by atoms with Crippen LogP contribution in [0.15, 0.2) is 24.3 Å². The van der Waals surface area contributed by atoms with Gasteiger partial charge in [0, 0.05) is 25.4 Å². The van der Waals surface area contributed by atoms with Crippen LogP contribution in [0.4, 0.5) is 5.69 Å². The summed E-state index contributed by atoms with van der Waals surface area (Å²) in [5.74, 6) is -0.0410. The number of nitrogens with one attached hydrogen (secondary N) is 2. The van der Waals surface area contributed by atoms with E-state index < -0.39 is 0 Å². The molecule has 1 amide bonds. The number of hydrogen-bond acceptors (Lipinski definition) is 3. The lowest BCUT2D eigenvalue weighted by molar-refractivity contribution is 0.0941. The van der Waals surface area contributed by atoms with E-state index in [0.29, 0.717) is 12.1 Å². The molecule has 0 aromatic heterocycles. The molecule has 1 aromatic carbocycles. The minimum atomic E-state index is -0.0410. The number of aliphatic hydroxyl groups excluding tert-OH is 1. The number of para-hydroxylation sites is 1. The first-order valence-corrected chi connectivity index (χ1v) is 6.93. The lowest BCUT2D eigenvalue weighted by Gasteiger charge is -2.16. The van der Waals surface area contributed by atoms with Crippen molar-refractivity contribution in [3.8, 4) is 0 Å². The summed E-state index contributed by atoms with van der Waals surface area (Å²) in [6, 6.07) is 7.54. The monoisotopic (exact) mass is 262 g/mol. The van der Waals surface area contributed by atoms with Crippen LogP contribution < -0.4 is 10.6 Å². The molecule has 3 N–H and O–H groups in total.